The van der Waals surface area contributed by atoms with Gasteiger partial charge in [-0.05, 0) is 18.6 Å². The molecule has 2 saturated heterocycles. The number of likely N-dealkylation sites (N-methyl/N-ethyl adjacent to an activating group) is 1. The Morgan fingerprint density at radius 2 is 1.86 bits per heavy atom. The van der Waals surface area contributed by atoms with Crippen LogP contribution in [0.3, 0.4) is 0 Å². The van der Waals surface area contributed by atoms with Crippen LogP contribution in [0.1, 0.15) is 29.6 Å². The quantitative estimate of drug-likeness (QED) is 0.772. The minimum Gasteiger partial charge on any atom is -0.489 e. The van der Waals surface area contributed by atoms with Gasteiger partial charge >= 0.3 is 0 Å². The summed E-state index contributed by atoms with van der Waals surface area (Å²) in [6.07, 6.45) is 1.92. The van der Waals surface area contributed by atoms with Crippen LogP contribution in [0, 0.1) is 0 Å². The number of methoxy groups -OCH3 is 1. The first-order valence-electron chi connectivity index (χ1n) is 9.58. The fraction of sp³-hybridized carbons (Fsp3) is 0.550. The third kappa shape index (κ3) is 4.62. The first-order valence-corrected chi connectivity index (χ1v) is 9.58. The molecule has 2 aliphatic heterocycles. The molecule has 0 bridgehead atoms. The number of likely N-dealkylation sites (tertiary alicyclic amines) is 2. The first-order chi connectivity index (χ1) is 13.5. The Labute approximate surface area is 164 Å². The van der Waals surface area contributed by atoms with E-state index in [9.17, 15) is 14.4 Å². The van der Waals surface area contributed by atoms with E-state index in [1.54, 1.807) is 35.0 Å². The number of para-hydroxylation sites is 1. The van der Waals surface area contributed by atoms with Crippen molar-refractivity contribution in [2.75, 3.05) is 40.4 Å². The number of rotatable bonds is 6. The van der Waals surface area contributed by atoms with E-state index in [0.717, 1.165) is 0 Å². The minimum absolute atomic E-state index is 0.0214. The van der Waals surface area contributed by atoms with Gasteiger partial charge in [0.1, 0.15) is 24.5 Å². The van der Waals surface area contributed by atoms with Gasteiger partial charge in [-0.25, -0.2) is 0 Å². The van der Waals surface area contributed by atoms with E-state index in [1.807, 2.05) is 6.07 Å². The van der Waals surface area contributed by atoms with Crippen molar-refractivity contribution >= 4 is 17.7 Å². The first kappa shape index (κ1) is 20.1. The van der Waals surface area contributed by atoms with Gasteiger partial charge in [-0.15, -0.1) is 0 Å². The lowest BCUT2D eigenvalue weighted by Crippen LogP contribution is -2.43. The summed E-state index contributed by atoms with van der Waals surface area (Å²) in [5, 5.41) is 2.81. The summed E-state index contributed by atoms with van der Waals surface area (Å²) in [5.41, 5.74) is 0.419. The van der Waals surface area contributed by atoms with Crippen molar-refractivity contribution in [3.05, 3.63) is 29.8 Å². The van der Waals surface area contributed by atoms with Crippen LogP contribution < -0.4 is 10.1 Å². The largest absolute Gasteiger partial charge is 0.489 e. The van der Waals surface area contributed by atoms with Gasteiger partial charge in [0, 0.05) is 46.6 Å². The number of nitrogens with zero attached hydrogens (tertiary/aromatic N) is 2. The van der Waals surface area contributed by atoms with Crippen molar-refractivity contribution < 1.29 is 23.9 Å². The number of hydrogen-bond acceptors (Lipinski definition) is 5. The zero-order valence-electron chi connectivity index (χ0n) is 16.3. The van der Waals surface area contributed by atoms with Gasteiger partial charge in [0.05, 0.1) is 5.56 Å². The molecule has 8 heteroatoms. The van der Waals surface area contributed by atoms with Crippen molar-refractivity contribution in [1.29, 1.82) is 0 Å². The molecule has 152 valence electrons. The predicted octanol–water partition coefficient (Wildman–Crippen LogP) is 0.663. The maximum Gasteiger partial charge on any atom is 0.255 e. The highest BCUT2D eigenvalue weighted by atomic mass is 16.5. The third-order valence-corrected chi connectivity index (χ3v) is 5.22. The highest BCUT2D eigenvalue weighted by Crippen LogP contribution is 2.24. The smallest absolute Gasteiger partial charge is 0.255 e. The van der Waals surface area contributed by atoms with Crippen LogP contribution in [0.5, 0.6) is 5.75 Å². The van der Waals surface area contributed by atoms with Gasteiger partial charge in [-0.3, -0.25) is 14.4 Å². The maximum atomic E-state index is 12.7. The Bertz CT molecular complexity index is 730. The van der Waals surface area contributed by atoms with Crippen molar-refractivity contribution in [2.24, 2.45) is 0 Å². The lowest BCUT2D eigenvalue weighted by molar-refractivity contribution is -0.137. The molecular formula is C20H27N3O5. The third-order valence-electron chi connectivity index (χ3n) is 5.22. The summed E-state index contributed by atoms with van der Waals surface area (Å²) in [6.45, 7) is 1.93. The lowest BCUT2D eigenvalue weighted by Gasteiger charge is -2.32. The zero-order chi connectivity index (χ0) is 20.1. The molecule has 1 atom stereocenters. The molecule has 0 aromatic heterocycles. The van der Waals surface area contributed by atoms with Gasteiger partial charge in [0.2, 0.25) is 11.8 Å². The molecule has 0 radical (unpaired) electrons. The summed E-state index contributed by atoms with van der Waals surface area (Å²) in [7, 11) is 3.24. The molecule has 2 aliphatic rings. The molecule has 0 unspecified atom stereocenters. The number of hydrogen-bond donors (Lipinski definition) is 1. The molecule has 3 rings (SSSR count). The Hall–Kier alpha value is -2.61. The average Bonchev–Trinajstić information content (AvgIpc) is 3.01. The van der Waals surface area contributed by atoms with Crippen LogP contribution in [0.25, 0.3) is 0 Å². The standard InChI is InChI=1S/C20H27N3O5/c1-22-10-9-16(20(22)26)21-19(25)15-5-3-4-6-17(15)28-14-7-11-23(12-8-14)18(24)13-27-2/h3-6,14,16H,7-13H2,1-2H3,(H,21,25)/t16-/m1/s1. The number of ether oxygens (including phenoxy) is 2. The molecule has 1 N–H and O–H groups in total. The van der Waals surface area contributed by atoms with E-state index in [1.165, 1.54) is 7.11 Å². The van der Waals surface area contributed by atoms with Crippen molar-refractivity contribution in [3.8, 4) is 5.75 Å². The molecule has 1 aromatic rings. The van der Waals surface area contributed by atoms with Crippen molar-refractivity contribution in [1.82, 2.24) is 15.1 Å². The van der Waals surface area contributed by atoms with E-state index in [0.29, 0.717) is 50.2 Å². The monoisotopic (exact) mass is 389 g/mol. The Balaban J connectivity index is 1.59. The van der Waals surface area contributed by atoms with Crippen LogP contribution in [0.2, 0.25) is 0 Å². The lowest BCUT2D eigenvalue weighted by atomic mass is 10.1. The van der Waals surface area contributed by atoms with E-state index in [4.69, 9.17) is 9.47 Å². The molecule has 8 nitrogen and oxygen atoms in total. The van der Waals surface area contributed by atoms with Crippen LogP contribution in [0.4, 0.5) is 0 Å². The second-order valence-electron chi connectivity index (χ2n) is 7.20. The number of piperidine rings is 1. The van der Waals surface area contributed by atoms with Gasteiger partial charge in [-0.2, -0.15) is 0 Å². The van der Waals surface area contributed by atoms with Crippen LogP contribution >= 0.6 is 0 Å². The molecule has 28 heavy (non-hydrogen) atoms. The van der Waals surface area contributed by atoms with Crippen molar-refractivity contribution in [3.63, 3.8) is 0 Å². The molecule has 2 fully saturated rings. The van der Waals surface area contributed by atoms with E-state index in [-0.39, 0.29) is 30.4 Å². The van der Waals surface area contributed by atoms with E-state index < -0.39 is 6.04 Å². The zero-order valence-corrected chi connectivity index (χ0v) is 16.3. The number of carbonyl (C=O) groups is 3. The maximum absolute atomic E-state index is 12.7. The van der Waals surface area contributed by atoms with Gasteiger partial charge in [-0.1, -0.05) is 12.1 Å². The second-order valence-corrected chi connectivity index (χ2v) is 7.20. The Morgan fingerprint density at radius 3 is 2.50 bits per heavy atom. The molecular weight excluding hydrogens is 362 g/mol. The average molecular weight is 389 g/mol. The molecule has 0 saturated carbocycles. The number of amides is 3. The highest BCUT2D eigenvalue weighted by molar-refractivity contribution is 6.00. The van der Waals surface area contributed by atoms with Crippen LogP contribution in [-0.4, -0.2) is 80.1 Å². The number of benzene rings is 1. The summed E-state index contributed by atoms with van der Waals surface area (Å²) in [5.74, 6) is 0.101. The minimum atomic E-state index is -0.486. The van der Waals surface area contributed by atoms with Gasteiger partial charge < -0.3 is 24.6 Å². The molecule has 0 aliphatic carbocycles. The van der Waals surface area contributed by atoms with Gasteiger partial charge in [0.15, 0.2) is 0 Å². The number of nitrogens with one attached hydrogen (secondary N) is 1. The topological polar surface area (TPSA) is 88.2 Å². The molecule has 3 amide bonds. The summed E-state index contributed by atoms with van der Waals surface area (Å²) in [4.78, 5) is 40.0. The fourth-order valence-corrected chi connectivity index (χ4v) is 3.57. The Kier molecular flexibility index (Phi) is 6.51. The summed E-state index contributed by atoms with van der Waals surface area (Å²) >= 11 is 0. The van der Waals surface area contributed by atoms with Crippen LogP contribution in [-0.2, 0) is 14.3 Å². The summed E-state index contributed by atoms with van der Waals surface area (Å²) < 4.78 is 11.0. The SMILES string of the molecule is COCC(=O)N1CCC(Oc2ccccc2C(=O)N[C@@H]2CCN(C)C2=O)CC1. The molecule has 2 heterocycles. The van der Waals surface area contributed by atoms with Crippen LogP contribution in [0.15, 0.2) is 24.3 Å². The van der Waals surface area contributed by atoms with E-state index >= 15 is 0 Å². The second kappa shape index (κ2) is 9.05. The number of carbonyl (C=O) groups excluding carboxylic acids is 3. The fourth-order valence-electron chi connectivity index (χ4n) is 3.57. The van der Waals surface area contributed by atoms with E-state index in [2.05, 4.69) is 5.32 Å². The predicted molar refractivity (Wildman–Crippen MR) is 102 cm³/mol. The molecule has 1 aromatic carbocycles. The summed E-state index contributed by atoms with van der Waals surface area (Å²) in [6, 6.07) is 6.57. The highest BCUT2D eigenvalue weighted by Gasteiger charge is 2.31. The Morgan fingerprint density at radius 1 is 1.14 bits per heavy atom. The molecule has 0 spiro atoms. The van der Waals surface area contributed by atoms with Gasteiger partial charge in [0.25, 0.3) is 5.91 Å². The van der Waals surface area contributed by atoms with Crippen molar-refractivity contribution in [2.45, 2.75) is 31.4 Å². The normalized spacial score (nSPS) is 20.4.